The third-order valence-electron chi connectivity index (χ3n) is 9.84. The molecule has 5 aliphatic rings. The summed E-state index contributed by atoms with van der Waals surface area (Å²) in [5, 5.41) is 0. The molecule has 0 radical (unpaired) electrons. The van der Waals surface area contributed by atoms with Gasteiger partial charge >= 0.3 is 0 Å². The van der Waals surface area contributed by atoms with Crippen molar-refractivity contribution in [2.75, 3.05) is 0 Å². The van der Waals surface area contributed by atoms with Gasteiger partial charge in [0.25, 0.3) is 0 Å². The van der Waals surface area contributed by atoms with Gasteiger partial charge in [-0.3, -0.25) is 4.79 Å². The summed E-state index contributed by atoms with van der Waals surface area (Å²) < 4.78 is 6.39. The highest BCUT2D eigenvalue weighted by Crippen LogP contribution is 2.66. The normalized spacial score (nSPS) is 45.5. The number of Topliss-reactive ketones (excluding diaryl/α,β-unsaturated/α-hetero) is 1. The molecule has 0 aromatic heterocycles. The van der Waals surface area contributed by atoms with Crippen molar-refractivity contribution in [3.8, 4) is 0 Å². The molecule has 3 saturated carbocycles. The van der Waals surface area contributed by atoms with Crippen LogP contribution in [0.1, 0.15) is 91.4 Å². The van der Waals surface area contributed by atoms with Crippen LogP contribution in [0.5, 0.6) is 0 Å². The van der Waals surface area contributed by atoms with Gasteiger partial charge in [0.05, 0.1) is 11.9 Å². The Kier molecular flexibility index (Phi) is 4.56. The third kappa shape index (κ3) is 2.76. The summed E-state index contributed by atoms with van der Waals surface area (Å²) in [6, 6.07) is 0. The predicted molar refractivity (Wildman–Crippen MR) is 113 cm³/mol. The Morgan fingerprint density at radius 3 is 2.57 bits per heavy atom. The summed E-state index contributed by atoms with van der Waals surface area (Å²) in [4.78, 5) is 12.3. The lowest BCUT2D eigenvalue weighted by Crippen LogP contribution is -2.49. The molecule has 0 amide bonds. The lowest BCUT2D eigenvalue weighted by molar-refractivity contribution is -0.127. The maximum absolute atomic E-state index is 12.3. The topological polar surface area (TPSA) is 26.3 Å². The van der Waals surface area contributed by atoms with E-state index in [1.807, 2.05) is 6.92 Å². The molecule has 5 rings (SSSR count). The fourth-order valence-corrected chi connectivity index (χ4v) is 8.28. The van der Waals surface area contributed by atoms with E-state index in [0.29, 0.717) is 23.2 Å². The third-order valence-corrected chi connectivity index (χ3v) is 9.84. The Morgan fingerprint density at radius 2 is 1.82 bits per heavy atom. The monoisotopic (exact) mass is 382 g/mol. The second kappa shape index (κ2) is 6.74. The maximum Gasteiger partial charge on any atom is 0.133 e. The molecule has 0 aromatic carbocycles. The Morgan fingerprint density at radius 1 is 1.04 bits per heavy atom. The minimum Gasteiger partial charge on any atom is -0.495 e. The molecular weight excluding hydrogens is 344 g/mol. The number of ketones is 1. The first kappa shape index (κ1) is 18.9. The summed E-state index contributed by atoms with van der Waals surface area (Å²) in [5.74, 6) is 4.33. The van der Waals surface area contributed by atoms with E-state index in [1.165, 1.54) is 63.5 Å². The van der Waals surface area contributed by atoms with Crippen molar-refractivity contribution in [3.05, 3.63) is 23.5 Å². The van der Waals surface area contributed by atoms with E-state index < -0.39 is 0 Å². The molecule has 0 saturated heterocycles. The minimum atomic E-state index is 0.260. The average molecular weight is 383 g/mol. The van der Waals surface area contributed by atoms with Crippen LogP contribution in [0.15, 0.2) is 23.5 Å². The molecule has 3 fully saturated rings. The van der Waals surface area contributed by atoms with Crippen molar-refractivity contribution in [1.29, 1.82) is 0 Å². The van der Waals surface area contributed by atoms with E-state index >= 15 is 0 Å². The second-order valence-electron chi connectivity index (χ2n) is 11.1. The maximum atomic E-state index is 12.3. The van der Waals surface area contributed by atoms with Crippen molar-refractivity contribution in [1.82, 2.24) is 0 Å². The minimum absolute atomic E-state index is 0.260. The van der Waals surface area contributed by atoms with Gasteiger partial charge in [0, 0.05) is 12.3 Å². The average Bonchev–Trinajstić information content (AvgIpc) is 3.28. The Bertz CT molecular complexity index is 712. The van der Waals surface area contributed by atoms with Gasteiger partial charge in [-0.05, 0) is 111 Å². The molecule has 0 heterocycles. The first-order valence-electron chi connectivity index (χ1n) is 12.0. The van der Waals surface area contributed by atoms with E-state index in [4.69, 9.17) is 4.74 Å². The van der Waals surface area contributed by atoms with Crippen LogP contribution in [0.25, 0.3) is 0 Å². The zero-order valence-electron chi connectivity index (χ0n) is 18.1. The number of allylic oxidation sites excluding steroid dienone is 4. The zero-order chi connectivity index (χ0) is 19.5. The van der Waals surface area contributed by atoms with Gasteiger partial charge < -0.3 is 4.74 Å². The molecule has 0 spiro atoms. The van der Waals surface area contributed by atoms with E-state index in [2.05, 4.69) is 26.0 Å². The first-order chi connectivity index (χ1) is 13.4. The molecule has 5 aliphatic carbocycles. The molecule has 6 atom stereocenters. The SMILES string of the molecule is CC(=O)[C@@H]1CC[C@@H]2[C@H]3CC=C4C=C(OC5CCCC5)CC[C@@]4(C)[C@@H]3CC[C@@]21C. The summed E-state index contributed by atoms with van der Waals surface area (Å²) in [7, 11) is 0. The first-order valence-corrected chi connectivity index (χ1v) is 12.0. The van der Waals surface area contributed by atoms with Crippen LogP contribution in [0.4, 0.5) is 0 Å². The number of fused-ring (bicyclic) bond motifs is 5. The van der Waals surface area contributed by atoms with Gasteiger partial charge in [0.2, 0.25) is 0 Å². The van der Waals surface area contributed by atoms with Gasteiger partial charge in [-0.1, -0.05) is 19.9 Å². The number of hydrogen-bond acceptors (Lipinski definition) is 2. The number of hydrogen-bond donors (Lipinski definition) is 0. The number of carbonyl (C=O) groups is 1. The smallest absolute Gasteiger partial charge is 0.133 e. The van der Waals surface area contributed by atoms with Crippen LogP contribution in [0.3, 0.4) is 0 Å². The molecule has 0 aromatic rings. The van der Waals surface area contributed by atoms with Crippen molar-refractivity contribution < 1.29 is 9.53 Å². The van der Waals surface area contributed by atoms with E-state index in [9.17, 15) is 4.79 Å². The molecule has 0 aliphatic heterocycles. The molecule has 0 bridgehead atoms. The van der Waals surface area contributed by atoms with Gasteiger partial charge in [0.1, 0.15) is 5.78 Å². The highest BCUT2D eigenvalue weighted by Gasteiger charge is 2.59. The largest absolute Gasteiger partial charge is 0.495 e. The molecule has 28 heavy (non-hydrogen) atoms. The van der Waals surface area contributed by atoms with Crippen LogP contribution in [-0.4, -0.2) is 11.9 Å². The highest BCUT2D eigenvalue weighted by atomic mass is 16.5. The lowest BCUT2D eigenvalue weighted by Gasteiger charge is -2.57. The Hall–Kier alpha value is -1.05. The fraction of sp³-hybridized carbons (Fsp3) is 0.808. The molecular formula is C26H38O2. The van der Waals surface area contributed by atoms with Gasteiger partial charge in [-0.15, -0.1) is 0 Å². The molecule has 0 N–H and O–H groups in total. The quantitative estimate of drug-likeness (QED) is 0.549. The summed E-state index contributed by atoms with van der Waals surface area (Å²) in [6.45, 7) is 6.82. The van der Waals surface area contributed by atoms with E-state index in [1.54, 1.807) is 5.57 Å². The molecule has 154 valence electrons. The van der Waals surface area contributed by atoms with Crippen LogP contribution in [-0.2, 0) is 9.53 Å². The van der Waals surface area contributed by atoms with Gasteiger partial charge in [-0.25, -0.2) is 0 Å². The summed E-state index contributed by atoms with van der Waals surface area (Å²) >= 11 is 0. The Balaban J connectivity index is 1.39. The van der Waals surface area contributed by atoms with Crippen molar-refractivity contribution in [3.63, 3.8) is 0 Å². The highest BCUT2D eigenvalue weighted by molar-refractivity contribution is 5.79. The van der Waals surface area contributed by atoms with Gasteiger partial charge in [-0.2, -0.15) is 0 Å². The number of ether oxygens (including phenoxy) is 1. The van der Waals surface area contributed by atoms with Crippen molar-refractivity contribution >= 4 is 5.78 Å². The van der Waals surface area contributed by atoms with E-state index in [0.717, 1.165) is 30.6 Å². The predicted octanol–water partition coefficient (Wildman–Crippen LogP) is 6.61. The lowest BCUT2D eigenvalue weighted by atomic mass is 9.48. The van der Waals surface area contributed by atoms with E-state index in [-0.39, 0.29) is 5.41 Å². The zero-order valence-corrected chi connectivity index (χ0v) is 18.1. The molecule has 0 unspecified atom stereocenters. The fourth-order valence-electron chi connectivity index (χ4n) is 8.28. The summed E-state index contributed by atoms with van der Waals surface area (Å²) in [6.07, 6.45) is 19.2. The van der Waals surface area contributed by atoms with Crippen LogP contribution >= 0.6 is 0 Å². The number of carbonyl (C=O) groups excluding carboxylic acids is 1. The Labute approximate surface area is 171 Å². The standard InChI is InChI=1S/C26H38O2/c1-17(27)22-10-11-23-21-9-8-18-16-20(28-19-6-4-5-7-19)12-14-25(18,2)24(21)13-15-26(22,23)3/h8,16,19,21-24H,4-7,9-15H2,1-3H3/t21-,22+,23-,24-,25-,26-/m1/s1. The van der Waals surface area contributed by atoms with Crippen LogP contribution in [0.2, 0.25) is 0 Å². The van der Waals surface area contributed by atoms with Crippen LogP contribution in [0, 0.1) is 34.5 Å². The molecule has 2 nitrogen and oxygen atoms in total. The van der Waals surface area contributed by atoms with Crippen molar-refractivity contribution in [2.45, 2.75) is 97.5 Å². The van der Waals surface area contributed by atoms with Gasteiger partial charge in [0.15, 0.2) is 0 Å². The summed E-state index contributed by atoms with van der Waals surface area (Å²) in [5.41, 5.74) is 2.15. The van der Waals surface area contributed by atoms with Crippen LogP contribution < -0.4 is 0 Å². The molecule has 2 heteroatoms. The number of rotatable bonds is 3. The van der Waals surface area contributed by atoms with Crippen molar-refractivity contribution in [2.24, 2.45) is 34.5 Å². The second-order valence-corrected chi connectivity index (χ2v) is 11.1.